The van der Waals surface area contributed by atoms with Crippen molar-refractivity contribution >= 4 is 45.9 Å². The highest BCUT2D eigenvalue weighted by Crippen LogP contribution is 2.68. The van der Waals surface area contributed by atoms with Gasteiger partial charge in [0, 0.05) is 30.6 Å². The number of aliphatic hydroxyl groups is 1. The van der Waals surface area contributed by atoms with Gasteiger partial charge in [-0.2, -0.15) is 0 Å². The number of anilines is 1. The number of fused-ring (bicyclic) bond motifs is 2. The van der Waals surface area contributed by atoms with Gasteiger partial charge in [0.05, 0.1) is 16.6 Å². The lowest BCUT2D eigenvalue weighted by Gasteiger charge is -2.38. The van der Waals surface area contributed by atoms with Crippen LogP contribution in [0.25, 0.3) is 10.8 Å². The largest absolute Gasteiger partial charge is 0.396 e. The molecule has 1 spiro atoms. The molecule has 3 amide bonds. The average molecular weight is 544 g/mol. The lowest BCUT2D eigenvalue weighted by atomic mass is 9.66. The molecule has 0 aromatic heterocycles. The average Bonchev–Trinajstić information content (AvgIpc) is 3.54. The molecule has 2 bridgehead atoms. The molecule has 3 heterocycles. The fourth-order valence-electron chi connectivity index (χ4n) is 6.98. The summed E-state index contributed by atoms with van der Waals surface area (Å²) < 4.78 is -0.688. The van der Waals surface area contributed by atoms with Crippen LogP contribution in [0, 0.1) is 17.8 Å². The number of amides is 3. The van der Waals surface area contributed by atoms with Crippen molar-refractivity contribution in [1.29, 1.82) is 0 Å². The molecule has 3 unspecified atom stereocenters. The monoisotopic (exact) mass is 543 g/mol. The Hall–Kier alpha value is -3.36. The highest BCUT2D eigenvalue weighted by Gasteiger charge is 2.75. The van der Waals surface area contributed by atoms with Gasteiger partial charge in [0.15, 0.2) is 0 Å². The van der Waals surface area contributed by atoms with Crippen molar-refractivity contribution in [1.82, 2.24) is 10.2 Å². The van der Waals surface area contributed by atoms with E-state index < -0.39 is 22.6 Å². The number of carbonyl (C=O) groups is 3. The highest BCUT2D eigenvalue weighted by molar-refractivity contribution is 8.02. The third kappa shape index (κ3) is 4.30. The van der Waals surface area contributed by atoms with Gasteiger partial charge < -0.3 is 20.6 Å². The summed E-state index contributed by atoms with van der Waals surface area (Å²) in [5, 5.41) is 17.8. The summed E-state index contributed by atoms with van der Waals surface area (Å²) in [5.74, 6) is -1.48. The van der Waals surface area contributed by atoms with E-state index in [0.717, 1.165) is 22.8 Å². The Bertz CT molecular complexity index is 1420. The van der Waals surface area contributed by atoms with E-state index in [1.54, 1.807) is 16.7 Å². The summed E-state index contributed by atoms with van der Waals surface area (Å²) in [6.45, 7) is 2.71. The van der Waals surface area contributed by atoms with Crippen LogP contribution in [-0.2, 0) is 20.9 Å². The molecule has 39 heavy (non-hydrogen) atoms. The number of likely N-dealkylation sites (tertiary alicyclic amines) is 1. The van der Waals surface area contributed by atoms with Gasteiger partial charge in [0.25, 0.3) is 0 Å². The van der Waals surface area contributed by atoms with Crippen molar-refractivity contribution in [2.75, 3.05) is 18.5 Å². The number of aliphatic hydroxyl groups excluding tert-OH is 1. The van der Waals surface area contributed by atoms with Crippen molar-refractivity contribution in [3.8, 4) is 0 Å². The van der Waals surface area contributed by atoms with Crippen LogP contribution in [0.1, 0.15) is 25.3 Å². The third-order valence-corrected chi connectivity index (χ3v) is 10.8. The first-order valence-corrected chi connectivity index (χ1v) is 14.5. The van der Waals surface area contributed by atoms with E-state index in [1.165, 1.54) is 0 Å². The molecule has 3 aliphatic heterocycles. The number of rotatable bonds is 8. The molecule has 3 aromatic rings. The third-order valence-electron chi connectivity index (χ3n) is 8.68. The molecule has 3 fully saturated rings. The van der Waals surface area contributed by atoms with Gasteiger partial charge in [0.2, 0.25) is 17.7 Å². The van der Waals surface area contributed by atoms with Crippen LogP contribution in [0.4, 0.5) is 5.69 Å². The number of nitrogens with zero attached hydrogens (tertiary/aromatic N) is 1. The first kappa shape index (κ1) is 25.9. The number of hydrogen-bond acceptors (Lipinski definition) is 5. The predicted octanol–water partition coefficient (Wildman–Crippen LogP) is 3.81. The lowest BCUT2D eigenvalue weighted by molar-refractivity contribution is -0.139. The van der Waals surface area contributed by atoms with E-state index in [9.17, 15) is 19.5 Å². The zero-order valence-corrected chi connectivity index (χ0v) is 22.7. The minimum absolute atomic E-state index is 0.0133. The van der Waals surface area contributed by atoms with E-state index >= 15 is 0 Å². The van der Waals surface area contributed by atoms with Crippen LogP contribution in [0.2, 0.25) is 0 Å². The fourth-order valence-corrected chi connectivity index (χ4v) is 9.40. The molecule has 3 saturated heterocycles. The molecule has 6 atom stereocenters. The molecule has 0 radical (unpaired) electrons. The topological polar surface area (TPSA) is 98.7 Å². The smallest absolute Gasteiger partial charge is 0.248 e. The van der Waals surface area contributed by atoms with E-state index in [1.807, 2.05) is 72.8 Å². The quantitative estimate of drug-likeness (QED) is 0.401. The van der Waals surface area contributed by atoms with Gasteiger partial charge in [-0.05, 0) is 47.2 Å². The predicted molar refractivity (Wildman–Crippen MR) is 153 cm³/mol. The van der Waals surface area contributed by atoms with Gasteiger partial charge in [-0.1, -0.05) is 67.6 Å². The molecule has 0 saturated carbocycles. The molecule has 202 valence electrons. The molecule has 3 N–H and O–H groups in total. The Kier molecular flexibility index (Phi) is 6.85. The van der Waals surface area contributed by atoms with Crippen molar-refractivity contribution in [2.45, 2.75) is 42.3 Å². The number of nitrogens with one attached hydrogen (secondary N) is 2. The summed E-state index contributed by atoms with van der Waals surface area (Å²) in [7, 11) is 0. The molecule has 3 aromatic carbocycles. The first-order chi connectivity index (χ1) is 18.9. The maximum atomic E-state index is 14.0. The Morgan fingerprint density at radius 2 is 1.77 bits per heavy atom. The second kappa shape index (κ2) is 10.3. The second-order valence-corrected chi connectivity index (χ2v) is 12.5. The first-order valence-electron chi connectivity index (χ1n) is 13.6. The highest BCUT2D eigenvalue weighted by atomic mass is 32.2. The van der Waals surface area contributed by atoms with Crippen LogP contribution in [0.5, 0.6) is 0 Å². The second-order valence-electron chi connectivity index (χ2n) is 10.9. The number of thioether (sulfide) groups is 1. The minimum Gasteiger partial charge on any atom is -0.396 e. The molecular formula is C31H33N3O4S. The van der Waals surface area contributed by atoms with Crippen molar-refractivity contribution < 1.29 is 19.5 Å². The van der Waals surface area contributed by atoms with E-state index in [-0.39, 0.29) is 42.0 Å². The maximum absolute atomic E-state index is 14.0. The van der Waals surface area contributed by atoms with Gasteiger partial charge in [-0.25, -0.2) is 0 Å². The molecule has 6 rings (SSSR count). The SMILES string of the molecule is CC1C[C@H]2SC13C(C(=O)Nc1ccc4ccccc4c1)N(CCCO)C(=O)[C@@H]3[C@H]2C(=O)NCc1ccccc1. The van der Waals surface area contributed by atoms with Crippen LogP contribution in [0.3, 0.4) is 0 Å². The molecule has 8 heteroatoms. The minimum atomic E-state index is -0.718. The Morgan fingerprint density at radius 3 is 2.54 bits per heavy atom. The fraction of sp³-hybridized carbons (Fsp3) is 0.387. The van der Waals surface area contributed by atoms with Crippen molar-refractivity contribution in [3.05, 3.63) is 78.4 Å². The summed E-state index contributed by atoms with van der Waals surface area (Å²) in [4.78, 5) is 43.3. The summed E-state index contributed by atoms with van der Waals surface area (Å²) in [5.41, 5.74) is 1.68. The van der Waals surface area contributed by atoms with Crippen LogP contribution >= 0.6 is 11.8 Å². The van der Waals surface area contributed by atoms with Crippen molar-refractivity contribution in [3.63, 3.8) is 0 Å². The van der Waals surface area contributed by atoms with Gasteiger partial charge in [0.1, 0.15) is 6.04 Å². The Morgan fingerprint density at radius 1 is 1.03 bits per heavy atom. The van der Waals surface area contributed by atoms with Gasteiger partial charge in [-0.3, -0.25) is 14.4 Å². The number of hydrogen-bond donors (Lipinski definition) is 3. The van der Waals surface area contributed by atoms with Crippen LogP contribution in [-0.4, -0.2) is 56.9 Å². The van der Waals surface area contributed by atoms with Gasteiger partial charge >= 0.3 is 0 Å². The molecule has 0 aliphatic carbocycles. The molecule has 7 nitrogen and oxygen atoms in total. The van der Waals surface area contributed by atoms with Crippen molar-refractivity contribution in [2.24, 2.45) is 17.8 Å². The number of benzene rings is 3. The number of carbonyl (C=O) groups excluding carboxylic acids is 3. The van der Waals surface area contributed by atoms with E-state index in [4.69, 9.17) is 0 Å². The molecule has 3 aliphatic rings. The van der Waals surface area contributed by atoms with Crippen LogP contribution in [0.15, 0.2) is 72.8 Å². The maximum Gasteiger partial charge on any atom is 0.248 e. The summed E-state index contributed by atoms with van der Waals surface area (Å²) in [6.07, 6.45) is 1.16. The van der Waals surface area contributed by atoms with Crippen LogP contribution < -0.4 is 10.6 Å². The van der Waals surface area contributed by atoms with Gasteiger partial charge in [-0.15, -0.1) is 11.8 Å². The summed E-state index contributed by atoms with van der Waals surface area (Å²) >= 11 is 1.66. The Balaban J connectivity index is 1.30. The lowest BCUT2D eigenvalue weighted by Crippen LogP contribution is -2.55. The molecular weight excluding hydrogens is 510 g/mol. The normalized spacial score (nSPS) is 29.0. The summed E-state index contributed by atoms with van der Waals surface area (Å²) in [6, 6.07) is 22.8. The standard InChI is InChI=1S/C31H33N3O4S/c1-19-16-24-25(28(36)32-18-20-8-3-2-4-9-20)26-30(38)34(14-7-15-35)27(31(19,26)39-24)29(37)33-23-13-12-21-10-5-6-11-22(21)17-23/h2-6,8-13,17,19,24-27,35H,7,14-16,18H2,1H3,(H,32,36)(H,33,37)/t19?,24-,25+,26+,27?,31?/m1/s1. The van der Waals surface area contributed by atoms with E-state index in [0.29, 0.717) is 18.7 Å². The zero-order valence-electron chi connectivity index (χ0n) is 21.9. The zero-order chi connectivity index (χ0) is 27.1. The Labute approximate surface area is 232 Å². The van der Waals surface area contributed by atoms with E-state index in [2.05, 4.69) is 17.6 Å².